The van der Waals surface area contributed by atoms with Crippen molar-refractivity contribution in [2.75, 3.05) is 25.1 Å². The fraction of sp³-hybridized carbons (Fsp3) is 0.364. The molecule has 8 amide bonds. The third kappa shape index (κ3) is 17.6. The van der Waals surface area contributed by atoms with E-state index in [4.69, 9.17) is 11.5 Å². The smallest absolute Gasteiger partial charge is 0.327 e. The van der Waals surface area contributed by atoms with Gasteiger partial charge in [0.1, 0.15) is 36.3 Å². The van der Waals surface area contributed by atoms with Crippen molar-refractivity contribution in [2.45, 2.75) is 100 Å². The number of benzene rings is 4. The summed E-state index contributed by atoms with van der Waals surface area (Å²) in [5.74, 6) is -8.98. The number of carbonyl (C=O) groups excluding carboxylic acids is 8. The van der Waals surface area contributed by atoms with E-state index in [1.807, 2.05) is 6.07 Å². The number of nitrogens with zero attached hydrogens (tertiary/aromatic N) is 1. The molecule has 420 valence electrons. The highest BCUT2D eigenvalue weighted by Crippen LogP contribution is 2.24. The number of carboxylic acids is 1. The molecule has 1 aliphatic heterocycles. The summed E-state index contributed by atoms with van der Waals surface area (Å²) >= 11 is 0. The van der Waals surface area contributed by atoms with Gasteiger partial charge in [0.25, 0.3) is 11.8 Å². The third-order valence-electron chi connectivity index (χ3n) is 13.0. The highest BCUT2D eigenvalue weighted by atomic mass is 33.1. The van der Waals surface area contributed by atoms with Gasteiger partial charge in [-0.1, -0.05) is 119 Å². The number of aromatic nitrogens is 1. The second-order valence-corrected chi connectivity index (χ2v) is 21.5. The molecule has 0 radical (unpaired) electrons. The van der Waals surface area contributed by atoms with Crippen LogP contribution in [0, 0.1) is 0 Å². The molecular weight excluding hydrogens is 1050 g/mol. The first-order valence-corrected chi connectivity index (χ1v) is 28.1. The van der Waals surface area contributed by atoms with Gasteiger partial charge in [0, 0.05) is 60.5 Å². The number of unbranched alkanes of at least 4 members (excludes halogenated alkanes) is 1. The Balaban J connectivity index is 1.42. The molecule has 6 rings (SSSR count). The zero-order valence-corrected chi connectivity index (χ0v) is 45.2. The van der Waals surface area contributed by atoms with Gasteiger partial charge in [-0.25, -0.2) is 4.79 Å². The number of carbonyl (C=O) groups is 9. The zero-order chi connectivity index (χ0) is 57.0. The molecule has 22 nitrogen and oxygen atoms in total. The SMILES string of the molecule is C[C@@H](O)[C@@H]1NC(=O)[C@H](CCCCN)NC(=O)[C@H](Cc2c[nH]c3ccccc23)NC(=O)[C@H](N(C)C(=O)c2ccccc2)NC(=O)[C@H](Cc2ccccc2)NC(=O)[C@@H](N)CSSC[C@@H](C(=O)O)NC(=O)[C@H](Cc2ccccc2)NC1=O. The van der Waals surface area contributed by atoms with Crippen LogP contribution in [-0.2, 0) is 57.6 Å². The maximum absolute atomic E-state index is 15.0. The largest absolute Gasteiger partial charge is 0.480 e. The van der Waals surface area contributed by atoms with E-state index in [-0.39, 0.29) is 55.7 Å². The van der Waals surface area contributed by atoms with Gasteiger partial charge in [0.05, 0.1) is 12.1 Å². The topological polar surface area (TPSA) is 349 Å². The normalized spacial score (nSPS) is 23.1. The Morgan fingerprint density at radius 2 is 1.11 bits per heavy atom. The summed E-state index contributed by atoms with van der Waals surface area (Å²) < 4.78 is 0. The Kier molecular flexibility index (Phi) is 22.8. The number of fused-ring (bicyclic) bond motifs is 1. The van der Waals surface area contributed by atoms with E-state index in [0.29, 0.717) is 34.0 Å². The highest BCUT2D eigenvalue weighted by Gasteiger charge is 2.38. The molecule has 1 aliphatic rings. The molecule has 79 heavy (non-hydrogen) atoms. The molecule has 1 saturated heterocycles. The average Bonchev–Trinajstić information content (AvgIpc) is 3.89. The molecule has 4 aromatic carbocycles. The number of nitrogens with one attached hydrogen (secondary N) is 8. The molecule has 0 saturated carbocycles. The quantitative estimate of drug-likeness (QED) is 0.0536. The number of aliphatic hydroxyl groups excluding tert-OH is 1. The summed E-state index contributed by atoms with van der Waals surface area (Å²) in [6.45, 7) is 1.45. The predicted molar refractivity (Wildman–Crippen MR) is 299 cm³/mol. The Hall–Kier alpha value is -7.77. The average molecular weight is 1120 g/mol. The second-order valence-electron chi connectivity index (χ2n) is 19.0. The molecule has 24 heteroatoms. The lowest BCUT2D eigenvalue weighted by Gasteiger charge is -2.32. The molecule has 5 aromatic rings. The van der Waals surface area contributed by atoms with Gasteiger partial charge >= 0.3 is 5.97 Å². The summed E-state index contributed by atoms with van der Waals surface area (Å²) in [4.78, 5) is 132. The molecule has 0 bridgehead atoms. The van der Waals surface area contributed by atoms with Crippen LogP contribution in [-0.4, -0.2) is 153 Å². The fourth-order valence-corrected chi connectivity index (χ4v) is 10.8. The van der Waals surface area contributed by atoms with Crippen molar-refractivity contribution in [1.29, 1.82) is 0 Å². The van der Waals surface area contributed by atoms with Crippen LogP contribution in [0.2, 0.25) is 0 Å². The number of para-hydroxylation sites is 1. The van der Waals surface area contributed by atoms with E-state index in [0.717, 1.165) is 26.5 Å². The lowest BCUT2D eigenvalue weighted by molar-refractivity contribution is -0.141. The molecule has 14 N–H and O–H groups in total. The van der Waals surface area contributed by atoms with E-state index in [1.54, 1.807) is 103 Å². The van der Waals surface area contributed by atoms with Crippen molar-refractivity contribution >= 4 is 85.7 Å². The maximum atomic E-state index is 15.0. The van der Waals surface area contributed by atoms with E-state index < -0.39 is 108 Å². The molecule has 0 spiro atoms. The Morgan fingerprint density at radius 3 is 1.72 bits per heavy atom. The van der Waals surface area contributed by atoms with Crippen LogP contribution >= 0.6 is 21.6 Å². The van der Waals surface area contributed by atoms with Crippen molar-refractivity contribution in [3.8, 4) is 0 Å². The zero-order valence-electron chi connectivity index (χ0n) is 43.6. The molecule has 1 fully saturated rings. The minimum absolute atomic E-state index is 0.0479. The molecule has 1 aromatic heterocycles. The first kappa shape index (κ1) is 60.5. The van der Waals surface area contributed by atoms with Gasteiger partial charge in [0.15, 0.2) is 6.17 Å². The van der Waals surface area contributed by atoms with Crippen molar-refractivity contribution in [1.82, 2.24) is 47.1 Å². The van der Waals surface area contributed by atoms with E-state index in [9.17, 15) is 48.6 Å². The van der Waals surface area contributed by atoms with Crippen LogP contribution < -0.4 is 48.7 Å². The van der Waals surface area contributed by atoms with Gasteiger partial charge in [-0.15, -0.1) is 0 Å². The summed E-state index contributed by atoms with van der Waals surface area (Å²) in [7, 11) is 3.28. The minimum atomic E-state index is -1.85. The number of hydrogen-bond donors (Lipinski definition) is 12. The minimum Gasteiger partial charge on any atom is -0.480 e. The number of carboxylic acid groups (broad SMARTS) is 1. The number of nitrogens with two attached hydrogens (primary N) is 2. The van der Waals surface area contributed by atoms with Crippen molar-refractivity contribution < 1.29 is 53.4 Å². The molecule has 0 aliphatic carbocycles. The number of hydrogen-bond acceptors (Lipinski definition) is 14. The molecular formula is C55H67N11O11S2. The maximum Gasteiger partial charge on any atom is 0.327 e. The summed E-state index contributed by atoms with van der Waals surface area (Å²) in [5.41, 5.74) is 14.8. The number of aromatic amines is 1. The Morgan fingerprint density at radius 1 is 0.608 bits per heavy atom. The number of rotatable bonds is 14. The number of H-pyrrole nitrogens is 1. The fourth-order valence-electron chi connectivity index (χ4n) is 8.57. The van der Waals surface area contributed by atoms with Gasteiger partial charge in [-0.3, -0.25) is 38.4 Å². The summed E-state index contributed by atoms with van der Waals surface area (Å²) in [6, 6.07) is 21.9. The van der Waals surface area contributed by atoms with Crippen molar-refractivity contribution in [3.63, 3.8) is 0 Å². The standard InChI is InChI=1S/C55H67N11O11S2/c1-32(67)45-52(73)61-41(26-33-16-6-3-7-17-33)49(70)63-44(55(76)77)31-79-78-30-38(57)47(68)60-42(27-34-18-8-4-9-19-34)51(72)65-46(66(2)54(75)35-20-10-5-11-21-35)53(74)62-43(28-36-29-58-39-23-13-12-22-37(36)39)50(71)59-40(48(69)64-45)24-14-15-25-56/h3-13,16-23,29,32,38,40-46,58,67H,14-15,24-28,30-31,56-57H2,1-2H3,(H,59,71)(H,60,68)(H,61,73)(H,62,74)(H,63,70)(H,64,69)(H,65,72)(H,76,77)/t32-,38+,40+,41+,42+,43+,44+,45+,46+/m1/s1. The van der Waals surface area contributed by atoms with E-state index >= 15 is 4.79 Å². The van der Waals surface area contributed by atoms with E-state index in [1.165, 1.54) is 26.1 Å². The molecule has 9 atom stereocenters. The van der Waals surface area contributed by atoms with Crippen molar-refractivity contribution in [2.24, 2.45) is 11.5 Å². The highest BCUT2D eigenvalue weighted by molar-refractivity contribution is 8.76. The molecule has 2 heterocycles. The first-order valence-electron chi connectivity index (χ1n) is 25.6. The summed E-state index contributed by atoms with van der Waals surface area (Å²) in [5, 5.41) is 40.3. The van der Waals surface area contributed by atoms with E-state index in [2.05, 4.69) is 42.2 Å². The van der Waals surface area contributed by atoms with Gasteiger partial charge < -0.3 is 68.8 Å². The van der Waals surface area contributed by atoms with Crippen molar-refractivity contribution in [3.05, 3.63) is 144 Å². The summed E-state index contributed by atoms with van der Waals surface area (Å²) in [6.07, 6.45) is -1.61. The van der Waals surface area contributed by atoms with Crippen LogP contribution in [0.3, 0.4) is 0 Å². The van der Waals surface area contributed by atoms with Crippen LogP contribution in [0.15, 0.2) is 121 Å². The number of aliphatic hydroxyl groups is 1. The van der Waals surface area contributed by atoms with Gasteiger partial charge in [-0.2, -0.15) is 0 Å². The number of amides is 8. The number of aliphatic carboxylic acids is 1. The third-order valence-corrected chi connectivity index (χ3v) is 15.4. The Labute approximate surface area is 464 Å². The predicted octanol–water partition coefficient (Wildman–Crippen LogP) is 0.636. The first-order chi connectivity index (χ1) is 37.9. The molecule has 0 unspecified atom stereocenters. The second kappa shape index (κ2) is 29.8. The lowest BCUT2D eigenvalue weighted by atomic mass is 10.0. The van der Waals surface area contributed by atoms with Gasteiger partial charge in [-0.05, 0) is 67.6 Å². The lowest BCUT2D eigenvalue weighted by Crippen LogP contribution is -2.64. The van der Waals surface area contributed by atoms with Crippen LogP contribution in [0.25, 0.3) is 10.9 Å². The van der Waals surface area contributed by atoms with Gasteiger partial charge in [0.2, 0.25) is 35.4 Å². The number of likely N-dealkylation sites (N-methyl/N-ethyl adjacent to an activating group) is 1. The van der Waals surface area contributed by atoms with Crippen LogP contribution in [0.4, 0.5) is 0 Å². The monoisotopic (exact) mass is 1120 g/mol. The van der Waals surface area contributed by atoms with Crippen LogP contribution in [0.5, 0.6) is 0 Å². The van der Waals surface area contributed by atoms with Crippen LogP contribution in [0.1, 0.15) is 53.2 Å². The Bertz CT molecular complexity index is 2900.